The second kappa shape index (κ2) is 20.1. The lowest BCUT2D eigenvalue weighted by Gasteiger charge is -2.39. The Hall–Kier alpha value is -4.74. The third kappa shape index (κ3) is 10.4. The van der Waals surface area contributed by atoms with Crippen LogP contribution < -0.4 is 15.0 Å². The fourth-order valence-corrected chi connectivity index (χ4v) is 8.48. The first-order valence-electron chi connectivity index (χ1n) is 19.0. The molecule has 0 amide bonds. The van der Waals surface area contributed by atoms with Gasteiger partial charge in [-0.05, 0) is 75.6 Å². The molecule has 1 fully saturated rings. The minimum atomic E-state index is -1.67. The van der Waals surface area contributed by atoms with Crippen LogP contribution in [0.15, 0.2) is 88.6 Å². The molecule has 2 heterocycles. The molecule has 0 aliphatic carbocycles. The smallest absolute Gasteiger partial charge is 0.296 e. The summed E-state index contributed by atoms with van der Waals surface area (Å²) in [6, 6.07) is 28.0. The summed E-state index contributed by atoms with van der Waals surface area (Å²) >= 11 is 0. The topological polar surface area (TPSA) is 146 Å². The van der Waals surface area contributed by atoms with Gasteiger partial charge in [0.15, 0.2) is 6.23 Å². The van der Waals surface area contributed by atoms with Gasteiger partial charge in [-0.2, -0.15) is 15.3 Å². The van der Waals surface area contributed by atoms with Crippen molar-refractivity contribution in [3.8, 4) is 17.6 Å². The average molecular weight is 800 g/mol. The molecule has 15 heteroatoms. The van der Waals surface area contributed by atoms with Crippen molar-refractivity contribution in [1.29, 1.82) is 5.26 Å². The zero-order chi connectivity index (χ0) is 41.1. The monoisotopic (exact) mass is 799 g/mol. The number of rotatable bonds is 19. The van der Waals surface area contributed by atoms with E-state index in [0.717, 1.165) is 16.7 Å². The Labute approximate surface area is 336 Å². The van der Waals surface area contributed by atoms with Gasteiger partial charge in [0, 0.05) is 32.6 Å². The first-order chi connectivity index (χ1) is 27.4. The maximum absolute atomic E-state index is 12.7. The van der Waals surface area contributed by atoms with Gasteiger partial charge in [0.25, 0.3) is 20.0 Å². The standard InChI is InChI=1S/C42H54N7O7P/c1-29(2)49(30(3)4)57(54-25-13-24-43)56-37-26-39(48-41(44-28-47(6)7)45-40(50)31(5)46-48)55-38(37)27-53-42(32-14-11-10-12-15-32,33-16-20-35(51-8)21-17-33)34-18-22-36(52-9)23-19-34/h10-12,14-23,28-30,37-39H,13,25-27H2,1-9H3/b44-28+/t37-,38+,39+,57?/m0/s1. The molecule has 0 radical (unpaired) electrons. The maximum Gasteiger partial charge on any atom is 0.296 e. The minimum Gasteiger partial charge on any atom is -0.497 e. The zero-order valence-corrected chi connectivity index (χ0v) is 35.1. The first kappa shape index (κ1) is 43.4. The van der Waals surface area contributed by atoms with Gasteiger partial charge in [0.2, 0.25) is 0 Å². The van der Waals surface area contributed by atoms with Crippen molar-refractivity contribution in [3.05, 3.63) is 112 Å². The fourth-order valence-electron chi connectivity index (χ4n) is 6.72. The molecule has 1 unspecified atom stereocenters. The Morgan fingerprint density at radius 3 is 2.07 bits per heavy atom. The number of hydrogen-bond acceptors (Lipinski definition) is 12. The molecule has 1 aliphatic rings. The quantitative estimate of drug-likeness (QED) is 0.0312. The number of benzene rings is 3. The van der Waals surface area contributed by atoms with Gasteiger partial charge < -0.3 is 32.9 Å². The van der Waals surface area contributed by atoms with E-state index in [0.29, 0.717) is 17.9 Å². The molecule has 304 valence electrons. The Morgan fingerprint density at radius 2 is 1.54 bits per heavy atom. The predicted molar refractivity (Wildman–Crippen MR) is 220 cm³/mol. The highest BCUT2D eigenvalue weighted by atomic mass is 31.2. The molecule has 0 bridgehead atoms. The molecule has 4 aromatic rings. The summed E-state index contributed by atoms with van der Waals surface area (Å²) in [4.78, 5) is 23.2. The molecule has 1 aromatic heterocycles. The molecule has 14 nitrogen and oxygen atoms in total. The van der Waals surface area contributed by atoms with E-state index >= 15 is 0 Å². The number of nitrogens with zero attached hydrogens (tertiary/aromatic N) is 7. The normalized spacial score (nSPS) is 17.7. The van der Waals surface area contributed by atoms with Gasteiger partial charge in [-0.15, -0.1) is 0 Å². The molecule has 0 spiro atoms. The van der Waals surface area contributed by atoms with Crippen LogP contribution in [0.3, 0.4) is 0 Å². The van der Waals surface area contributed by atoms with Crippen LogP contribution in [0.25, 0.3) is 0 Å². The molecule has 0 saturated carbocycles. The average Bonchev–Trinajstić information content (AvgIpc) is 3.60. The van der Waals surface area contributed by atoms with Crippen molar-refractivity contribution in [2.45, 2.75) is 83.6 Å². The highest BCUT2D eigenvalue weighted by Crippen LogP contribution is 2.51. The van der Waals surface area contributed by atoms with Gasteiger partial charge in [0.1, 0.15) is 28.9 Å². The Balaban J connectivity index is 1.63. The number of methoxy groups -OCH3 is 2. The lowest BCUT2D eigenvalue weighted by atomic mass is 9.80. The Kier molecular flexibility index (Phi) is 15.3. The first-order valence-corrected chi connectivity index (χ1v) is 20.1. The van der Waals surface area contributed by atoms with E-state index in [9.17, 15) is 10.1 Å². The molecule has 1 saturated heterocycles. The van der Waals surface area contributed by atoms with Crippen LogP contribution in [0.2, 0.25) is 0 Å². The molecule has 1 aliphatic heterocycles. The Bertz CT molecular complexity index is 1950. The number of aliphatic imine (C=N–C) groups is 1. The van der Waals surface area contributed by atoms with Crippen molar-refractivity contribution >= 4 is 20.8 Å². The van der Waals surface area contributed by atoms with E-state index in [4.69, 9.17) is 28.0 Å². The fraction of sp³-hybridized carbons (Fsp3) is 0.452. The SMILES string of the molecule is COc1ccc(C(OC[C@H]2O[C@@H](n3nc(C)c(=O)nc3/N=C/N(C)C)C[C@@H]2OP(OCCC#N)N(C(C)C)C(C)C)(c2ccccc2)c2ccc(OC)cc2)cc1. The van der Waals surface area contributed by atoms with E-state index in [-0.39, 0.29) is 43.4 Å². The van der Waals surface area contributed by atoms with Crippen LogP contribution in [-0.4, -0.2) is 96.5 Å². The van der Waals surface area contributed by atoms with Crippen LogP contribution >= 0.6 is 8.53 Å². The molecule has 3 aromatic carbocycles. The second-order valence-corrected chi connectivity index (χ2v) is 15.7. The number of aromatic nitrogens is 3. The van der Waals surface area contributed by atoms with Crippen molar-refractivity contribution in [2.75, 3.05) is 41.5 Å². The molecule has 0 N–H and O–H groups in total. The summed E-state index contributed by atoms with van der Waals surface area (Å²) in [6.07, 6.45) is 0.0835. The van der Waals surface area contributed by atoms with Crippen molar-refractivity contribution in [3.63, 3.8) is 0 Å². The lowest BCUT2D eigenvalue weighted by Crippen LogP contribution is -2.39. The molecular formula is C42H54N7O7P. The maximum atomic E-state index is 12.7. The number of ether oxygens (including phenoxy) is 4. The second-order valence-electron chi connectivity index (χ2n) is 14.3. The summed E-state index contributed by atoms with van der Waals surface area (Å²) in [5, 5.41) is 14.0. The van der Waals surface area contributed by atoms with E-state index < -0.39 is 38.1 Å². The lowest BCUT2D eigenvalue weighted by molar-refractivity contribution is -0.0939. The number of hydrogen-bond donors (Lipinski definition) is 0. The van der Waals surface area contributed by atoms with Crippen LogP contribution in [0.5, 0.6) is 11.5 Å². The number of aryl methyl sites for hydroxylation is 1. The van der Waals surface area contributed by atoms with E-state index in [2.05, 4.69) is 53.5 Å². The summed E-state index contributed by atoms with van der Waals surface area (Å²) in [6.45, 7) is 10.2. The van der Waals surface area contributed by atoms with Crippen molar-refractivity contribution in [1.82, 2.24) is 24.3 Å². The zero-order valence-electron chi connectivity index (χ0n) is 34.2. The predicted octanol–water partition coefficient (Wildman–Crippen LogP) is 7.14. The van der Waals surface area contributed by atoms with Crippen LogP contribution in [-0.2, 0) is 24.1 Å². The van der Waals surface area contributed by atoms with Crippen molar-refractivity contribution < 1.29 is 28.0 Å². The van der Waals surface area contributed by atoms with Gasteiger partial charge in [0.05, 0.1) is 52.4 Å². The summed E-state index contributed by atoms with van der Waals surface area (Å²) < 4.78 is 42.3. The molecule has 57 heavy (non-hydrogen) atoms. The van der Waals surface area contributed by atoms with Gasteiger partial charge in [-0.25, -0.2) is 14.3 Å². The van der Waals surface area contributed by atoms with Gasteiger partial charge in [-0.1, -0.05) is 54.6 Å². The van der Waals surface area contributed by atoms with Crippen LogP contribution in [0, 0.1) is 18.3 Å². The minimum absolute atomic E-state index is 0.0573. The van der Waals surface area contributed by atoms with E-state index in [1.54, 1.807) is 32.4 Å². The van der Waals surface area contributed by atoms with Gasteiger partial charge in [-0.3, -0.25) is 4.79 Å². The molecule has 4 atom stereocenters. The third-order valence-electron chi connectivity index (χ3n) is 9.36. The highest BCUT2D eigenvalue weighted by Gasteiger charge is 2.45. The van der Waals surface area contributed by atoms with Crippen LogP contribution in [0.4, 0.5) is 5.95 Å². The summed E-state index contributed by atoms with van der Waals surface area (Å²) in [7, 11) is 5.25. The number of nitriles is 1. The summed E-state index contributed by atoms with van der Waals surface area (Å²) in [5.41, 5.74) is 1.21. The largest absolute Gasteiger partial charge is 0.497 e. The molecular weight excluding hydrogens is 745 g/mol. The third-order valence-corrected chi connectivity index (χ3v) is 11.5. The van der Waals surface area contributed by atoms with E-state index in [1.165, 1.54) is 4.68 Å². The molecule has 5 rings (SSSR count). The van der Waals surface area contributed by atoms with Crippen molar-refractivity contribution in [2.24, 2.45) is 4.99 Å². The van der Waals surface area contributed by atoms with E-state index in [1.807, 2.05) is 93.0 Å². The Morgan fingerprint density at radius 1 is 0.965 bits per heavy atom. The van der Waals surface area contributed by atoms with Gasteiger partial charge >= 0.3 is 0 Å². The summed E-state index contributed by atoms with van der Waals surface area (Å²) in [5.74, 6) is 1.51. The van der Waals surface area contributed by atoms with Crippen LogP contribution in [0.1, 0.15) is 69.1 Å². The highest BCUT2D eigenvalue weighted by molar-refractivity contribution is 7.44.